The van der Waals surface area contributed by atoms with Crippen molar-refractivity contribution in [1.82, 2.24) is 0 Å². The quantitative estimate of drug-likeness (QED) is 0.788. The van der Waals surface area contributed by atoms with Crippen molar-refractivity contribution in [2.24, 2.45) is 0 Å². The highest BCUT2D eigenvalue weighted by molar-refractivity contribution is 6.31. The number of hydrogen-bond acceptors (Lipinski definition) is 2. The number of halogens is 1. The fourth-order valence-electron chi connectivity index (χ4n) is 2.01. The van der Waals surface area contributed by atoms with Crippen LogP contribution in [-0.2, 0) is 6.42 Å². The van der Waals surface area contributed by atoms with Crippen LogP contribution >= 0.6 is 11.6 Å². The number of aryl methyl sites for hydroxylation is 1. The summed E-state index contributed by atoms with van der Waals surface area (Å²) in [7, 11) is 0. The van der Waals surface area contributed by atoms with E-state index < -0.39 is 5.97 Å². The van der Waals surface area contributed by atoms with Crippen molar-refractivity contribution in [3.63, 3.8) is 0 Å². The molecule has 0 amide bonds. The number of hydrogen-bond donors (Lipinski definition) is 2. The first-order valence-electron chi connectivity index (χ1n) is 6.47. The molecule has 2 aromatic rings. The van der Waals surface area contributed by atoms with Gasteiger partial charge in [-0.25, -0.2) is 4.79 Å². The molecule has 0 unspecified atom stereocenters. The van der Waals surface area contributed by atoms with Crippen molar-refractivity contribution in [1.29, 1.82) is 0 Å². The van der Waals surface area contributed by atoms with Crippen molar-refractivity contribution in [3.8, 4) is 0 Å². The molecule has 2 rings (SSSR count). The summed E-state index contributed by atoms with van der Waals surface area (Å²) in [5, 5.41) is 12.8. The minimum absolute atomic E-state index is 0.245. The zero-order valence-corrected chi connectivity index (χ0v) is 11.7. The Morgan fingerprint density at radius 2 is 1.90 bits per heavy atom. The molecule has 0 bridgehead atoms. The topological polar surface area (TPSA) is 49.3 Å². The normalized spacial score (nSPS) is 10.2. The highest BCUT2D eigenvalue weighted by Crippen LogP contribution is 2.21. The van der Waals surface area contributed by atoms with E-state index in [9.17, 15) is 4.79 Å². The number of carbonyl (C=O) groups is 1. The lowest BCUT2D eigenvalue weighted by atomic mass is 10.1. The third-order valence-electron chi connectivity index (χ3n) is 3.01. The maximum atomic E-state index is 11.1. The molecule has 104 valence electrons. The zero-order chi connectivity index (χ0) is 14.4. The van der Waals surface area contributed by atoms with E-state index in [-0.39, 0.29) is 5.56 Å². The SMILES string of the molecule is O=C(O)c1ccc(Cl)cc1NCCCc1ccccc1. The first-order chi connectivity index (χ1) is 9.66. The fourth-order valence-corrected chi connectivity index (χ4v) is 2.18. The van der Waals surface area contributed by atoms with Crippen LogP contribution in [0.5, 0.6) is 0 Å². The van der Waals surface area contributed by atoms with Gasteiger partial charge in [0.2, 0.25) is 0 Å². The van der Waals surface area contributed by atoms with Crippen LogP contribution in [0, 0.1) is 0 Å². The van der Waals surface area contributed by atoms with Crippen LogP contribution < -0.4 is 5.32 Å². The number of carboxylic acids is 1. The first-order valence-corrected chi connectivity index (χ1v) is 6.85. The molecule has 0 aromatic heterocycles. The predicted molar refractivity (Wildman–Crippen MR) is 81.7 cm³/mol. The maximum absolute atomic E-state index is 11.1. The Labute approximate surface area is 123 Å². The monoisotopic (exact) mass is 289 g/mol. The van der Waals surface area contributed by atoms with Crippen LogP contribution in [0.1, 0.15) is 22.3 Å². The van der Waals surface area contributed by atoms with Gasteiger partial charge in [0, 0.05) is 11.6 Å². The summed E-state index contributed by atoms with van der Waals surface area (Å²) in [5.41, 5.74) is 2.09. The van der Waals surface area contributed by atoms with Crippen molar-refractivity contribution >= 4 is 23.3 Å². The first kappa shape index (κ1) is 14.4. The molecule has 0 saturated heterocycles. The average Bonchev–Trinajstić information content (AvgIpc) is 2.44. The van der Waals surface area contributed by atoms with Crippen molar-refractivity contribution < 1.29 is 9.90 Å². The highest BCUT2D eigenvalue weighted by Gasteiger charge is 2.09. The average molecular weight is 290 g/mol. The minimum atomic E-state index is -0.952. The molecule has 0 aliphatic carbocycles. The summed E-state index contributed by atoms with van der Waals surface area (Å²) in [6.45, 7) is 0.704. The van der Waals surface area contributed by atoms with Gasteiger partial charge >= 0.3 is 5.97 Å². The van der Waals surface area contributed by atoms with Crippen molar-refractivity contribution in [3.05, 3.63) is 64.7 Å². The zero-order valence-electron chi connectivity index (χ0n) is 11.0. The van der Waals surface area contributed by atoms with Gasteiger partial charge in [-0.1, -0.05) is 41.9 Å². The third kappa shape index (κ3) is 4.00. The molecular weight excluding hydrogens is 274 g/mol. The van der Waals surface area contributed by atoms with Crippen LogP contribution in [0.2, 0.25) is 5.02 Å². The number of carboxylic acid groups (broad SMARTS) is 1. The van der Waals surface area contributed by atoms with Gasteiger partial charge in [0.15, 0.2) is 0 Å². The minimum Gasteiger partial charge on any atom is -0.478 e. The van der Waals surface area contributed by atoms with E-state index in [1.54, 1.807) is 12.1 Å². The molecule has 0 aliphatic rings. The third-order valence-corrected chi connectivity index (χ3v) is 3.25. The second-order valence-corrected chi connectivity index (χ2v) is 4.95. The Morgan fingerprint density at radius 1 is 1.15 bits per heavy atom. The summed E-state index contributed by atoms with van der Waals surface area (Å²) in [4.78, 5) is 11.1. The van der Waals surface area contributed by atoms with Gasteiger partial charge in [-0.05, 0) is 36.6 Å². The Hall–Kier alpha value is -2.00. The largest absolute Gasteiger partial charge is 0.478 e. The molecule has 0 radical (unpaired) electrons. The van der Waals surface area contributed by atoms with E-state index in [2.05, 4.69) is 17.4 Å². The van der Waals surface area contributed by atoms with E-state index in [1.165, 1.54) is 11.6 Å². The number of rotatable bonds is 6. The summed E-state index contributed by atoms with van der Waals surface area (Å²) < 4.78 is 0. The van der Waals surface area contributed by atoms with E-state index in [4.69, 9.17) is 16.7 Å². The molecular formula is C16H16ClNO2. The van der Waals surface area contributed by atoms with Gasteiger partial charge in [-0.2, -0.15) is 0 Å². The van der Waals surface area contributed by atoms with Crippen LogP contribution in [0.25, 0.3) is 0 Å². The smallest absolute Gasteiger partial charge is 0.337 e. The summed E-state index contributed by atoms with van der Waals surface area (Å²) in [6.07, 6.45) is 1.88. The van der Waals surface area contributed by atoms with E-state index >= 15 is 0 Å². The van der Waals surface area contributed by atoms with Crippen LogP contribution in [-0.4, -0.2) is 17.6 Å². The van der Waals surface area contributed by atoms with Crippen LogP contribution in [0.15, 0.2) is 48.5 Å². The van der Waals surface area contributed by atoms with E-state index in [1.807, 2.05) is 18.2 Å². The Bertz CT molecular complexity index is 584. The molecule has 0 atom stereocenters. The number of nitrogens with one attached hydrogen (secondary N) is 1. The van der Waals surface area contributed by atoms with E-state index in [0.29, 0.717) is 17.3 Å². The molecule has 0 fully saturated rings. The second-order valence-electron chi connectivity index (χ2n) is 4.51. The number of benzene rings is 2. The van der Waals surface area contributed by atoms with Crippen molar-refractivity contribution in [2.75, 3.05) is 11.9 Å². The molecule has 2 N–H and O–H groups in total. The second kappa shape index (κ2) is 6.96. The summed E-state index contributed by atoms with van der Waals surface area (Å²) >= 11 is 5.90. The Kier molecular flexibility index (Phi) is 5.02. The molecule has 20 heavy (non-hydrogen) atoms. The molecule has 0 spiro atoms. The lowest BCUT2D eigenvalue weighted by Gasteiger charge is -2.10. The lowest BCUT2D eigenvalue weighted by molar-refractivity contribution is 0.0698. The molecule has 2 aromatic carbocycles. The van der Waals surface area contributed by atoms with Gasteiger partial charge in [-0.15, -0.1) is 0 Å². The highest BCUT2D eigenvalue weighted by atomic mass is 35.5. The maximum Gasteiger partial charge on any atom is 0.337 e. The van der Waals surface area contributed by atoms with Gasteiger partial charge in [0.1, 0.15) is 0 Å². The van der Waals surface area contributed by atoms with Gasteiger partial charge in [0.25, 0.3) is 0 Å². The van der Waals surface area contributed by atoms with Gasteiger partial charge in [-0.3, -0.25) is 0 Å². The van der Waals surface area contributed by atoms with Gasteiger partial charge in [0.05, 0.1) is 11.3 Å². The van der Waals surface area contributed by atoms with Crippen LogP contribution in [0.4, 0.5) is 5.69 Å². The number of anilines is 1. The molecule has 0 saturated carbocycles. The summed E-state index contributed by atoms with van der Waals surface area (Å²) in [6, 6.07) is 14.9. The Balaban J connectivity index is 1.91. The predicted octanol–water partition coefficient (Wildman–Crippen LogP) is 4.08. The molecule has 4 heteroatoms. The summed E-state index contributed by atoms with van der Waals surface area (Å²) in [5.74, 6) is -0.952. The molecule has 3 nitrogen and oxygen atoms in total. The molecule has 0 heterocycles. The molecule has 0 aliphatic heterocycles. The lowest BCUT2D eigenvalue weighted by Crippen LogP contribution is -2.08. The standard InChI is InChI=1S/C16H16ClNO2/c17-13-8-9-14(16(19)20)15(11-13)18-10-4-7-12-5-2-1-3-6-12/h1-3,5-6,8-9,11,18H,4,7,10H2,(H,19,20). The fraction of sp³-hybridized carbons (Fsp3) is 0.188. The van der Waals surface area contributed by atoms with Crippen molar-refractivity contribution in [2.45, 2.75) is 12.8 Å². The van der Waals surface area contributed by atoms with Gasteiger partial charge < -0.3 is 10.4 Å². The Morgan fingerprint density at radius 3 is 2.60 bits per heavy atom. The van der Waals surface area contributed by atoms with E-state index in [0.717, 1.165) is 12.8 Å². The van der Waals surface area contributed by atoms with Crippen LogP contribution in [0.3, 0.4) is 0 Å². The number of aromatic carboxylic acids is 1.